The molecule has 1 aliphatic rings. The van der Waals surface area contributed by atoms with Crippen molar-refractivity contribution in [3.8, 4) is 0 Å². The fourth-order valence-corrected chi connectivity index (χ4v) is 1.29. The number of guanidine groups is 1. The normalized spacial score (nSPS) is 16.4. The monoisotopic (exact) mass is 263 g/mol. The highest BCUT2D eigenvalue weighted by atomic mass is 79.9. The molecule has 0 aromatic rings. The van der Waals surface area contributed by atoms with Crippen molar-refractivity contribution in [2.24, 2.45) is 10.9 Å². The molecule has 84 valence electrons. The largest absolute Gasteiger partial charge is 0.356 e. The van der Waals surface area contributed by atoms with E-state index in [0.29, 0.717) is 0 Å². The Kier molecular flexibility index (Phi) is 7.95. The Labute approximate surface area is 97.5 Å². The Morgan fingerprint density at radius 2 is 2.21 bits per heavy atom. The van der Waals surface area contributed by atoms with Gasteiger partial charge in [-0.25, -0.2) is 0 Å². The molecule has 0 atom stereocenters. The SMILES string of the molecule is Br.CC(C)CCNC1=NCCCCN1. The van der Waals surface area contributed by atoms with Crippen LogP contribution in [0.15, 0.2) is 4.99 Å². The Bertz CT molecular complexity index is 169. The molecule has 0 saturated carbocycles. The lowest BCUT2D eigenvalue weighted by Gasteiger charge is -2.10. The lowest BCUT2D eigenvalue weighted by molar-refractivity contribution is 0.574. The Morgan fingerprint density at radius 3 is 2.93 bits per heavy atom. The van der Waals surface area contributed by atoms with Gasteiger partial charge in [0.25, 0.3) is 0 Å². The molecule has 1 heterocycles. The highest BCUT2D eigenvalue weighted by Gasteiger charge is 2.01. The van der Waals surface area contributed by atoms with Crippen LogP contribution in [0.5, 0.6) is 0 Å². The summed E-state index contributed by atoms with van der Waals surface area (Å²) in [5.74, 6) is 1.76. The van der Waals surface area contributed by atoms with E-state index in [0.717, 1.165) is 31.5 Å². The van der Waals surface area contributed by atoms with Crippen LogP contribution in [-0.4, -0.2) is 25.6 Å². The van der Waals surface area contributed by atoms with Gasteiger partial charge < -0.3 is 10.6 Å². The van der Waals surface area contributed by atoms with Crippen LogP contribution in [0.1, 0.15) is 33.1 Å². The third kappa shape index (κ3) is 6.24. The van der Waals surface area contributed by atoms with Crippen LogP contribution in [0.2, 0.25) is 0 Å². The summed E-state index contributed by atoms with van der Waals surface area (Å²) in [4.78, 5) is 4.41. The number of halogens is 1. The second-order valence-electron chi connectivity index (χ2n) is 3.97. The van der Waals surface area contributed by atoms with E-state index in [2.05, 4.69) is 29.5 Å². The average Bonchev–Trinajstić information content (AvgIpc) is 2.32. The molecule has 0 unspecified atom stereocenters. The molecule has 0 saturated heterocycles. The molecule has 1 rings (SSSR count). The average molecular weight is 264 g/mol. The minimum atomic E-state index is 0. The third-order valence-electron chi connectivity index (χ3n) is 2.16. The van der Waals surface area contributed by atoms with Gasteiger partial charge in [0.15, 0.2) is 5.96 Å². The Hall–Kier alpha value is -0.250. The maximum atomic E-state index is 4.41. The number of hydrogen-bond donors (Lipinski definition) is 2. The number of nitrogens with zero attached hydrogens (tertiary/aromatic N) is 1. The second-order valence-corrected chi connectivity index (χ2v) is 3.97. The maximum absolute atomic E-state index is 4.41. The van der Waals surface area contributed by atoms with Gasteiger partial charge in [-0.3, -0.25) is 4.99 Å². The summed E-state index contributed by atoms with van der Waals surface area (Å²) in [6.07, 6.45) is 3.65. The number of hydrogen-bond acceptors (Lipinski definition) is 3. The van der Waals surface area contributed by atoms with Crippen molar-refractivity contribution in [2.75, 3.05) is 19.6 Å². The molecular formula is C10H22BrN3. The summed E-state index contributed by atoms with van der Waals surface area (Å²) in [6, 6.07) is 0. The first kappa shape index (κ1) is 13.8. The third-order valence-corrected chi connectivity index (χ3v) is 2.16. The topological polar surface area (TPSA) is 36.4 Å². The van der Waals surface area contributed by atoms with E-state index in [1.54, 1.807) is 0 Å². The molecule has 0 aromatic carbocycles. The van der Waals surface area contributed by atoms with Crippen molar-refractivity contribution in [3.63, 3.8) is 0 Å². The molecule has 2 N–H and O–H groups in total. The van der Waals surface area contributed by atoms with E-state index in [1.807, 2.05) is 0 Å². The van der Waals surface area contributed by atoms with E-state index in [4.69, 9.17) is 0 Å². The van der Waals surface area contributed by atoms with Gasteiger partial charge in [0, 0.05) is 19.6 Å². The fourth-order valence-electron chi connectivity index (χ4n) is 1.29. The predicted octanol–water partition coefficient (Wildman–Crippen LogP) is 1.94. The first-order chi connectivity index (χ1) is 6.29. The number of nitrogens with one attached hydrogen (secondary N) is 2. The van der Waals surface area contributed by atoms with Crippen molar-refractivity contribution in [3.05, 3.63) is 0 Å². The predicted molar refractivity (Wildman–Crippen MR) is 67.3 cm³/mol. The van der Waals surface area contributed by atoms with Gasteiger partial charge >= 0.3 is 0 Å². The van der Waals surface area contributed by atoms with E-state index in [1.165, 1.54) is 19.3 Å². The highest BCUT2D eigenvalue weighted by molar-refractivity contribution is 8.93. The summed E-state index contributed by atoms with van der Waals surface area (Å²) in [5, 5.41) is 6.63. The van der Waals surface area contributed by atoms with E-state index in [9.17, 15) is 0 Å². The summed E-state index contributed by atoms with van der Waals surface area (Å²) in [6.45, 7) is 7.54. The summed E-state index contributed by atoms with van der Waals surface area (Å²) >= 11 is 0. The molecule has 4 heteroatoms. The zero-order valence-corrected chi connectivity index (χ0v) is 10.9. The van der Waals surface area contributed by atoms with E-state index in [-0.39, 0.29) is 17.0 Å². The molecule has 0 bridgehead atoms. The first-order valence-electron chi connectivity index (χ1n) is 5.31. The zero-order valence-electron chi connectivity index (χ0n) is 9.18. The van der Waals surface area contributed by atoms with Crippen LogP contribution in [-0.2, 0) is 0 Å². The highest BCUT2D eigenvalue weighted by Crippen LogP contribution is 1.97. The molecule has 0 amide bonds. The van der Waals surface area contributed by atoms with Crippen molar-refractivity contribution in [1.29, 1.82) is 0 Å². The van der Waals surface area contributed by atoms with Crippen molar-refractivity contribution in [1.82, 2.24) is 10.6 Å². The second kappa shape index (κ2) is 8.09. The van der Waals surface area contributed by atoms with Crippen molar-refractivity contribution >= 4 is 22.9 Å². The quantitative estimate of drug-likeness (QED) is 0.817. The van der Waals surface area contributed by atoms with Gasteiger partial charge in [-0.05, 0) is 25.2 Å². The smallest absolute Gasteiger partial charge is 0.191 e. The molecule has 3 nitrogen and oxygen atoms in total. The van der Waals surface area contributed by atoms with Crippen LogP contribution in [0, 0.1) is 5.92 Å². The van der Waals surface area contributed by atoms with Gasteiger partial charge in [0.1, 0.15) is 0 Å². The lowest BCUT2D eigenvalue weighted by atomic mass is 10.1. The lowest BCUT2D eigenvalue weighted by Crippen LogP contribution is -2.37. The Morgan fingerprint density at radius 1 is 1.43 bits per heavy atom. The van der Waals surface area contributed by atoms with Gasteiger partial charge in [-0.1, -0.05) is 13.8 Å². The fraction of sp³-hybridized carbons (Fsp3) is 0.900. The standard InChI is InChI=1S/C10H21N3.BrH/c1-9(2)5-8-13-10-11-6-3-4-7-12-10;/h9H,3-8H2,1-2H3,(H2,11,12,13);1H. The Balaban J connectivity index is 0.00000169. The van der Waals surface area contributed by atoms with Crippen LogP contribution >= 0.6 is 17.0 Å². The zero-order chi connectivity index (χ0) is 9.52. The molecule has 0 aliphatic carbocycles. The molecule has 14 heavy (non-hydrogen) atoms. The minimum absolute atomic E-state index is 0. The van der Waals surface area contributed by atoms with Crippen molar-refractivity contribution in [2.45, 2.75) is 33.1 Å². The molecule has 0 fully saturated rings. The van der Waals surface area contributed by atoms with Gasteiger partial charge in [0.2, 0.25) is 0 Å². The van der Waals surface area contributed by atoms with Crippen molar-refractivity contribution < 1.29 is 0 Å². The van der Waals surface area contributed by atoms with Gasteiger partial charge in [-0.15, -0.1) is 17.0 Å². The van der Waals surface area contributed by atoms with Gasteiger partial charge in [-0.2, -0.15) is 0 Å². The maximum Gasteiger partial charge on any atom is 0.191 e. The van der Waals surface area contributed by atoms with Crippen LogP contribution < -0.4 is 10.6 Å². The molecular weight excluding hydrogens is 242 g/mol. The molecule has 0 aromatic heterocycles. The molecule has 0 spiro atoms. The molecule has 1 aliphatic heterocycles. The first-order valence-corrected chi connectivity index (χ1v) is 5.31. The number of aliphatic imine (C=N–C) groups is 1. The van der Waals surface area contributed by atoms with Crippen LogP contribution in [0.3, 0.4) is 0 Å². The minimum Gasteiger partial charge on any atom is -0.356 e. The summed E-state index contributed by atoms with van der Waals surface area (Å²) < 4.78 is 0. The van der Waals surface area contributed by atoms with Gasteiger partial charge in [0.05, 0.1) is 0 Å². The molecule has 0 radical (unpaired) electrons. The number of rotatable bonds is 3. The van der Waals surface area contributed by atoms with E-state index >= 15 is 0 Å². The van der Waals surface area contributed by atoms with E-state index < -0.39 is 0 Å². The summed E-state index contributed by atoms with van der Waals surface area (Å²) in [5.41, 5.74) is 0. The van der Waals surface area contributed by atoms with Crippen LogP contribution in [0.4, 0.5) is 0 Å². The van der Waals surface area contributed by atoms with Crippen LogP contribution in [0.25, 0.3) is 0 Å². The summed E-state index contributed by atoms with van der Waals surface area (Å²) in [7, 11) is 0.